The van der Waals surface area contributed by atoms with Crippen molar-refractivity contribution in [1.29, 1.82) is 0 Å². The molecule has 0 radical (unpaired) electrons. The van der Waals surface area contributed by atoms with Gasteiger partial charge < -0.3 is 4.90 Å². The van der Waals surface area contributed by atoms with Gasteiger partial charge in [0, 0.05) is 45.0 Å². The molecule has 1 aromatic carbocycles. The van der Waals surface area contributed by atoms with Crippen molar-refractivity contribution in [3.63, 3.8) is 0 Å². The second-order valence-electron chi connectivity index (χ2n) is 8.90. The molecule has 1 saturated carbocycles. The summed E-state index contributed by atoms with van der Waals surface area (Å²) in [4.78, 5) is 22.0. The number of nitrogens with zero attached hydrogens (tertiary/aromatic N) is 4. The Morgan fingerprint density at radius 3 is 2.48 bits per heavy atom. The lowest BCUT2D eigenvalue weighted by Crippen LogP contribution is -2.48. The van der Waals surface area contributed by atoms with E-state index in [1.165, 1.54) is 12.8 Å². The Bertz CT molecular complexity index is 1070. The minimum atomic E-state index is -2.80. The third-order valence-electron chi connectivity index (χ3n) is 6.54. The van der Waals surface area contributed by atoms with Gasteiger partial charge >= 0.3 is 0 Å². The largest absolute Gasteiger partial charge is 0.369 e. The average Bonchev–Trinajstić information content (AvgIpc) is 3.46. The van der Waals surface area contributed by atoms with Crippen molar-refractivity contribution >= 4 is 26.4 Å². The van der Waals surface area contributed by atoms with Crippen LogP contribution in [-0.2, 0) is 16.4 Å². The molecular weight excluding hydrogens is 388 g/mol. The van der Waals surface area contributed by atoms with Crippen molar-refractivity contribution in [2.75, 3.05) is 49.1 Å². The van der Waals surface area contributed by atoms with E-state index in [9.17, 15) is 13.2 Å². The van der Waals surface area contributed by atoms with Gasteiger partial charge in [-0.25, -0.2) is 13.4 Å². The molecular formula is C21H28N4O3S. The van der Waals surface area contributed by atoms with E-state index in [0.717, 1.165) is 56.9 Å². The predicted octanol–water partition coefficient (Wildman–Crippen LogP) is 1.36. The Hall–Kier alpha value is -1.93. The van der Waals surface area contributed by atoms with Crippen LogP contribution in [0.5, 0.6) is 0 Å². The minimum Gasteiger partial charge on any atom is -0.369 e. The van der Waals surface area contributed by atoms with Crippen LogP contribution in [0.25, 0.3) is 10.9 Å². The number of aromatic nitrogens is 2. The van der Waals surface area contributed by atoms with E-state index in [1.807, 2.05) is 18.2 Å². The molecule has 5 rings (SSSR count). The summed E-state index contributed by atoms with van der Waals surface area (Å²) < 4.78 is 25.1. The fourth-order valence-electron chi connectivity index (χ4n) is 4.62. The van der Waals surface area contributed by atoms with Gasteiger partial charge in [-0.1, -0.05) is 0 Å². The van der Waals surface area contributed by atoms with E-state index in [2.05, 4.69) is 14.8 Å². The molecule has 1 atom stereocenters. The third-order valence-corrected chi connectivity index (χ3v) is 8.38. The highest BCUT2D eigenvalue weighted by Crippen LogP contribution is 2.30. The van der Waals surface area contributed by atoms with Crippen LogP contribution in [0.1, 0.15) is 19.3 Å². The van der Waals surface area contributed by atoms with Gasteiger partial charge in [0.15, 0.2) is 9.84 Å². The molecule has 1 aliphatic carbocycles. The topological polar surface area (TPSA) is 75.5 Å². The van der Waals surface area contributed by atoms with Crippen LogP contribution < -0.4 is 10.5 Å². The molecule has 7 nitrogen and oxygen atoms in total. The van der Waals surface area contributed by atoms with Crippen molar-refractivity contribution in [1.82, 2.24) is 14.5 Å². The summed E-state index contributed by atoms with van der Waals surface area (Å²) in [7, 11) is -2.80. The van der Waals surface area contributed by atoms with Crippen LogP contribution in [0.4, 0.5) is 5.69 Å². The van der Waals surface area contributed by atoms with Gasteiger partial charge in [0.25, 0.3) is 5.56 Å². The molecule has 3 aliphatic rings. The molecule has 156 valence electrons. The molecule has 8 heteroatoms. The number of anilines is 1. The molecule has 3 fully saturated rings. The van der Waals surface area contributed by atoms with Crippen LogP contribution in [0.15, 0.2) is 29.3 Å². The number of hydrogen-bond donors (Lipinski definition) is 0. The van der Waals surface area contributed by atoms with Crippen LogP contribution >= 0.6 is 0 Å². The number of benzene rings is 1. The molecule has 0 spiro atoms. The number of sulfone groups is 1. The first-order valence-electron chi connectivity index (χ1n) is 10.6. The molecule has 0 bridgehead atoms. The van der Waals surface area contributed by atoms with Gasteiger partial charge in [-0.2, -0.15) is 0 Å². The first kappa shape index (κ1) is 19.1. The molecule has 2 aliphatic heterocycles. The highest BCUT2D eigenvalue weighted by Gasteiger charge is 2.30. The second kappa shape index (κ2) is 7.40. The maximum absolute atomic E-state index is 12.7. The molecule has 2 saturated heterocycles. The third kappa shape index (κ3) is 4.19. The van der Waals surface area contributed by atoms with Gasteiger partial charge in [-0.3, -0.25) is 14.3 Å². The number of piperazine rings is 1. The van der Waals surface area contributed by atoms with Crippen molar-refractivity contribution in [2.24, 2.45) is 11.8 Å². The highest BCUT2D eigenvalue weighted by molar-refractivity contribution is 7.91. The normalized spacial score (nSPS) is 25.0. The van der Waals surface area contributed by atoms with Gasteiger partial charge in [-0.15, -0.1) is 0 Å². The van der Waals surface area contributed by atoms with E-state index in [1.54, 1.807) is 10.9 Å². The zero-order valence-corrected chi connectivity index (χ0v) is 17.5. The summed E-state index contributed by atoms with van der Waals surface area (Å²) in [5, 5.41) is 0.693. The van der Waals surface area contributed by atoms with E-state index >= 15 is 0 Å². The monoisotopic (exact) mass is 416 g/mol. The Morgan fingerprint density at radius 2 is 1.79 bits per heavy atom. The van der Waals surface area contributed by atoms with E-state index < -0.39 is 9.84 Å². The van der Waals surface area contributed by atoms with E-state index in [0.29, 0.717) is 22.8 Å². The van der Waals surface area contributed by atoms with Crippen molar-refractivity contribution in [3.05, 3.63) is 34.9 Å². The summed E-state index contributed by atoms with van der Waals surface area (Å²) in [6.07, 6.45) is 4.93. The Morgan fingerprint density at radius 1 is 1.00 bits per heavy atom. The van der Waals surface area contributed by atoms with Crippen LogP contribution in [-0.4, -0.2) is 67.1 Å². The molecule has 3 heterocycles. The van der Waals surface area contributed by atoms with Gasteiger partial charge in [0.2, 0.25) is 0 Å². The minimum absolute atomic E-state index is 0.0600. The summed E-state index contributed by atoms with van der Waals surface area (Å²) >= 11 is 0. The Balaban J connectivity index is 1.24. The zero-order chi connectivity index (χ0) is 20.0. The number of fused-ring (bicyclic) bond motifs is 1. The smallest absolute Gasteiger partial charge is 0.261 e. The van der Waals surface area contributed by atoms with E-state index in [4.69, 9.17) is 0 Å². The maximum atomic E-state index is 12.7. The fraction of sp³-hybridized carbons (Fsp3) is 0.619. The Labute approximate surface area is 171 Å². The first-order valence-corrected chi connectivity index (χ1v) is 12.5. The van der Waals surface area contributed by atoms with Crippen LogP contribution in [0.3, 0.4) is 0 Å². The summed E-state index contributed by atoms with van der Waals surface area (Å²) in [6.45, 7) is 5.35. The van der Waals surface area contributed by atoms with Crippen molar-refractivity contribution in [3.8, 4) is 0 Å². The molecule has 1 unspecified atom stereocenters. The van der Waals surface area contributed by atoms with Gasteiger partial charge in [0.1, 0.15) is 0 Å². The Kier molecular flexibility index (Phi) is 4.86. The average molecular weight is 417 g/mol. The quantitative estimate of drug-likeness (QED) is 0.733. The standard InChI is InChI=1S/C21H28N4O3S/c26-21-19-4-3-18(11-20(19)22-15-25(21)13-16-1-2-16)24-8-6-23(7-9-24)12-17-5-10-29(27,28)14-17/h3-4,11,15-17H,1-2,5-10,12-14H2. The molecule has 0 N–H and O–H groups in total. The fourth-order valence-corrected chi connectivity index (χ4v) is 6.47. The SMILES string of the molecule is O=c1c2ccc(N3CCN(CC4CCS(=O)(=O)C4)CC3)cc2ncn1CC1CC1. The number of hydrogen-bond acceptors (Lipinski definition) is 6. The lowest BCUT2D eigenvalue weighted by molar-refractivity contribution is 0.227. The summed E-state index contributed by atoms with van der Waals surface area (Å²) in [6, 6.07) is 5.97. The summed E-state index contributed by atoms with van der Waals surface area (Å²) in [5.74, 6) is 1.63. The van der Waals surface area contributed by atoms with Gasteiger partial charge in [-0.05, 0) is 49.3 Å². The molecule has 29 heavy (non-hydrogen) atoms. The summed E-state index contributed by atoms with van der Waals surface area (Å²) in [5.41, 5.74) is 1.93. The zero-order valence-electron chi connectivity index (χ0n) is 16.7. The molecule has 1 aromatic heterocycles. The predicted molar refractivity (Wildman–Crippen MR) is 114 cm³/mol. The van der Waals surface area contributed by atoms with Gasteiger partial charge in [0.05, 0.1) is 28.7 Å². The number of rotatable bonds is 5. The second-order valence-corrected chi connectivity index (χ2v) is 11.1. The van der Waals surface area contributed by atoms with Crippen LogP contribution in [0, 0.1) is 11.8 Å². The molecule has 0 amide bonds. The van der Waals surface area contributed by atoms with Crippen molar-refractivity contribution in [2.45, 2.75) is 25.8 Å². The lowest BCUT2D eigenvalue weighted by Gasteiger charge is -2.37. The lowest BCUT2D eigenvalue weighted by atomic mass is 10.1. The molecule has 2 aromatic rings. The van der Waals surface area contributed by atoms with E-state index in [-0.39, 0.29) is 11.5 Å². The first-order chi connectivity index (χ1) is 14.0. The van der Waals surface area contributed by atoms with Crippen LogP contribution in [0.2, 0.25) is 0 Å². The maximum Gasteiger partial charge on any atom is 0.261 e. The van der Waals surface area contributed by atoms with Crippen molar-refractivity contribution < 1.29 is 8.42 Å². The highest BCUT2D eigenvalue weighted by atomic mass is 32.2.